The number of morpholine rings is 1. The maximum Gasteiger partial charge on any atom is 0.332 e. The highest BCUT2D eigenvalue weighted by atomic mass is 32.1. The summed E-state index contributed by atoms with van der Waals surface area (Å²) >= 11 is 1.18. The molecule has 0 bridgehead atoms. The number of carbonyl (C=O) groups excluding carboxylic acids is 2. The Kier molecular flexibility index (Phi) is 6.03. The van der Waals surface area contributed by atoms with Crippen LogP contribution >= 0.6 is 11.3 Å². The van der Waals surface area contributed by atoms with Crippen LogP contribution in [0, 0.1) is 12.7 Å². The Labute approximate surface area is 215 Å². The van der Waals surface area contributed by atoms with E-state index >= 15 is 0 Å². The van der Waals surface area contributed by atoms with Crippen LogP contribution in [0.2, 0.25) is 0 Å². The molecule has 188 valence electrons. The van der Waals surface area contributed by atoms with Gasteiger partial charge >= 0.3 is 6.03 Å². The second-order valence-electron chi connectivity index (χ2n) is 8.92. The van der Waals surface area contributed by atoms with Gasteiger partial charge in [0.2, 0.25) is 0 Å². The summed E-state index contributed by atoms with van der Waals surface area (Å²) in [5.41, 5.74) is 3.25. The molecule has 2 aliphatic rings. The predicted molar refractivity (Wildman–Crippen MR) is 140 cm³/mol. The van der Waals surface area contributed by atoms with Gasteiger partial charge in [0.15, 0.2) is 5.82 Å². The summed E-state index contributed by atoms with van der Waals surface area (Å²) in [5.74, 6) is -0.395. The van der Waals surface area contributed by atoms with E-state index in [9.17, 15) is 14.0 Å². The molecule has 2 aromatic heterocycles. The van der Waals surface area contributed by atoms with E-state index in [1.54, 1.807) is 6.92 Å². The zero-order chi connectivity index (χ0) is 25.5. The molecule has 3 amide bonds. The molecular formula is C26H23FN6O3S. The lowest BCUT2D eigenvalue weighted by molar-refractivity contribution is 0.0342. The predicted octanol–water partition coefficient (Wildman–Crippen LogP) is 4.91. The van der Waals surface area contributed by atoms with Gasteiger partial charge in [-0.05, 0) is 48.4 Å². The maximum absolute atomic E-state index is 13.7. The SMILES string of the molecule is Cc1cc(F)ccc1N1C(=O)Nc2c(C(=O)Nc3ccc(CN4CCOCC4)cc3)sc3ncnc1c23. The van der Waals surface area contributed by atoms with Gasteiger partial charge in [0.05, 0.1) is 30.0 Å². The van der Waals surface area contributed by atoms with Crippen LogP contribution in [-0.4, -0.2) is 53.1 Å². The number of aromatic nitrogens is 2. The molecule has 2 N–H and O–H groups in total. The number of urea groups is 1. The van der Waals surface area contributed by atoms with Crippen molar-refractivity contribution >= 4 is 56.4 Å². The number of carbonyl (C=O) groups is 2. The largest absolute Gasteiger partial charge is 0.379 e. The highest BCUT2D eigenvalue weighted by molar-refractivity contribution is 7.21. The van der Waals surface area contributed by atoms with Gasteiger partial charge in [-0.25, -0.2) is 24.1 Å². The molecule has 2 aromatic carbocycles. The van der Waals surface area contributed by atoms with Gasteiger partial charge in [-0.3, -0.25) is 9.69 Å². The number of halogens is 1. The normalized spacial score (nSPS) is 15.6. The third kappa shape index (κ3) is 4.41. The zero-order valence-corrected chi connectivity index (χ0v) is 20.8. The minimum atomic E-state index is -0.484. The number of hydrogen-bond donors (Lipinski definition) is 2. The van der Waals surface area contributed by atoms with Crippen LogP contribution in [0.15, 0.2) is 48.8 Å². The Morgan fingerprint density at radius 3 is 2.70 bits per heavy atom. The monoisotopic (exact) mass is 518 g/mol. The minimum Gasteiger partial charge on any atom is -0.379 e. The summed E-state index contributed by atoms with van der Waals surface area (Å²) in [6.45, 7) is 5.85. The van der Waals surface area contributed by atoms with Crippen LogP contribution < -0.4 is 15.5 Å². The Morgan fingerprint density at radius 1 is 1.16 bits per heavy atom. The number of hydrogen-bond acceptors (Lipinski definition) is 7. The Morgan fingerprint density at radius 2 is 1.95 bits per heavy atom. The summed E-state index contributed by atoms with van der Waals surface area (Å²) in [4.78, 5) is 39.7. The smallest absolute Gasteiger partial charge is 0.332 e. The van der Waals surface area contributed by atoms with E-state index in [0.717, 1.165) is 38.4 Å². The first-order valence-corrected chi connectivity index (χ1v) is 12.6. The molecule has 0 atom stereocenters. The van der Waals surface area contributed by atoms with Crippen molar-refractivity contribution in [3.05, 3.63) is 70.6 Å². The number of ether oxygens (including phenoxy) is 1. The number of amides is 3. The van der Waals surface area contributed by atoms with Crippen LogP contribution in [0.1, 0.15) is 20.8 Å². The number of rotatable bonds is 5. The molecule has 6 rings (SSSR count). The third-order valence-electron chi connectivity index (χ3n) is 6.44. The Bertz CT molecular complexity index is 1520. The van der Waals surface area contributed by atoms with Crippen LogP contribution in [0.3, 0.4) is 0 Å². The average Bonchev–Trinajstić information content (AvgIpc) is 3.26. The number of nitrogens with one attached hydrogen (secondary N) is 2. The molecule has 4 heterocycles. The molecule has 0 aliphatic carbocycles. The minimum absolute atomic E-state index is 0.331. The second-order valence-corrected chi connectivity index (χ2v) is 9.92. The van der Waals surface area contributed by atoms with E-state index in [0.29, 0.717) is 43.5 Å². The number of thiophene rings is 1. The Balaban J connectivity index is 1.27. The van der Waals surface area contributed by atoms with Crippen molar-refractivity contribution in [1.29, 1.82) is 0 Å². The number of anilines is 4. The van der Waals surface area contributed by atoms with Gasteiger partial charge in [-0.1, -0.05) is 12.1 Å². The molecule has 1 fully saturated rings. The van der Waals surface area contributed by atoms with E-state index in [1.165, 1.54) is 40.8 Å². The molecule has 37 heavy (non-hydrogen) atoms. The Hall–Kier alpha value is -3.93. The summed E-state index contributed by atoms with van der Waals surface area (Å²) < 4.78 is 19.1. The summed E-state index contributed by atoms with van der Waals surface area (Å²) in [6, 6.07) is 11.4. The van der Waals surface area contributed by atoms with Crippen LogP contribution in [-0.2, 0) is 11.3 Å². The van der Waals surface area contributed by atoms with Gasteiger partial charge in [0, 0.05) is 25.3 Å². The van der Waals surface area contributed by atoms with Crippen molar-refractivity contribution in [1.82, 2.24) is 14.9 Å². The fourth-order valence-electron chi connectivity index (χ4n) is 4.62. The molecule has 0 spiro atoms. The number of nitrogens with zero attached hydrogens (tertiary/aromatic N) is 4. The quantitative estimate of drug-likeness (QED) is 0.390. The van der Waals surface area contributed by atoms with E-state index in [1.807, 2.05) is 24.3 Å². The first-order chi connectivity index (χ1) is 18.0. The van der Waals surface area contributed by atoms with Gasteiger partial charge in [0.25, 0.3) is 5.91 Å². The highest BCUT2D eigenvalue weighted by Gasteiger charge is 2.34. The van der Waals surface area contributed by atoms with Gasteiger partial charge < -0.3 is 15.4 Å². The van der Waals surface area contributed by atoms with E-state index in [-0.39, 0.29) is 5.91 Å². The van der Waals surface area contributed by atoms with E-state index < -0.39 is 11.8 Å². The molecule has 0 radical (unpaired) electrons. The lowest BCUT2D eigenvalue weighted by Crippen LogP contribution is -2.35. The zero-order valence-electron chi connectivity index (χ0n) is 20.0. The van der Waals surface area contributed by atoms with Crippen LogP contribution in [0.4, 0.5) is 32.1 Å². The lowest BCUT2D eigenvalue weighted by atomic mass is 10.1. The van der Waals surface area contributed by atoms with Crippen molar-refractivity contribution in [2.45, 2.75) is 13.5 Å². The summed E-state index contributed by atoms with van der Waals surface area (Å²) in [5, 5.41) is 6.33. The first-order valence-electron chi connectivity index (χ1n) is 11.8. The van der Waals surface area contributed by atoms with Crippen LogP contribution in [0.25, 0.3) is 10.2 Å². The van der Waals surface area contributed by atoms with Crippen LogP contribution in [0.5, 0.6) is 0 Å². The molecular weight excluding hydrogens is 495 g/mol. The topological polar surface area (TPSA) is 99.7 Å². The standard InChI is InChI=1S/C26H23FN6O3S/c1-15-12-17(27)4-7-19(15)33-23-20-21(31-26(33)35)22(37-25(20)29-14-28-23)24(34)30-18-5-2-16(3-6-18)13-32-8-10-36-11-9-32/h2-7,12,14H,8-11,13H2,1H3,(H,30,34)(H,31,35). The fourth-order valence-corrected chi connectivity index (χ4v) is 5.61. The molecule has 1 saturated heterocycles. The average molecular weight is 519 g/mol. The van der Waals surface area contributed by atoms with E-state index in [2.05, 4.69) is 25.5 Å². The second kappa shape index (κ2) is 9.51. The third-order valence-corrected chi connectivity index (χ3v) is 7.54. The van der Waals surface area contributed by atoms with Gasteiger partial charge in [-0.15, -0.1) is 11.3 Å². The number of benzene rings is 2. The molecule has 9 nitrogen and oxygen atoms in total. The maximum atomic E-state index is 13.7. The molecule has 4 aromatic rings. The molecule has 11 heteroatoms. The van der Waals surface area contributed by atoms with Gasteiger partial charge in [-0.2, -0.15) is 0 Å². The summed E-state index contributed by atoms with van der Waals surface area (Å²) in [7, 11) is 0. The molecule has 0 saturated carbocycles. The van der Waals surface area contributed by atoms with Gasteiger partial charge in [0.1, 0.15) is 21.9 Å². The fraction of sp³-hybridized carbons (Fsp3) is 0.231. The summed E-state index contributed by atoms with van der Waals surface area (Å²) in [6.07, 6.45) is 1.36. The lowest BCUT2D eigenvalue weighted by Gasteiger charge is -2.28. The number of aryl methyl sites for hydroxylation is 1. The van der Waals surface area contributed by atoms with Crippen molar-refractivity contribution in [2.24, 2.45) is 0 Å². The van der Waals surface area contributed by atoms with Crippen molar-refractivity contribution in [3.8, 4) is 0 Å². The first kappa shape index (κ1) is 23.5. The molecule has 2 aliphatic heterocycles. The molecule has 0 unspecified atom stereocenters. The van der Waals surface area contributed by atoms with E-state index in [4.69, 9.17) is 4.74 Å². The van der Waals surface area contributed by atoms with Crippen molar-refractivity contribution in [3.63, 3.8) is 0 Å². The van der Waals surface area contributed by atoms with Crippen molar-refractivity contribution in [2.75, 3.05) is 41.8 Å². The highest BCUT2D eigenvalue weighted by Crippen LogP contribution is 2.45. The van der Waals surface area contributed by atoms with Crippen molar-refractivity contribution < 1.29 is 18.7 Å².